The van der Waals surface area contributed by atoms with E-state index in [2.05, 4.69) is 46.4 Å². The summed E-state index contributed by atoms with van der Waals surface area (Å²) in [6, 6.07) is 7.02. The maximum Gasteiger partial charge on any atom is 0.0489 e. The van der Waals surface area contributed by atoms with Crippen LogP contribution in [-0.4, -0.2) is 17.5 Å². The first-order valence-electron chi connectivity index (χ1n) is 4.87. The van der Waals surface area contributed by atoms with Crippen molar-refractivity contribution >= 4 is 33.4 Å². The van der Waals surface area contributed by atoms with E-state index >= 15 is 0 Å². The highest BCUT2D eigenvalue weighted by Crippen LogP contribution is 2.28. The average Bonchev–Trinajstić information content (AvgIpc) is 2.66. The molecule has 1 aliphatic heterocycles. The predicted octanol–water partition coefficient (Wildman–Crippen LogP) is 3.67. The molecule has 1 saturated heterocycles. The lowest BCUT2D eigenvalue weighted by Crippen LogP contribution is -2.18. The first-order chi connectivity index (χ1) is 6.77. The van der Waals surface area contributed by atoms with Crippen LogP contribution in [-0.2, 0) is 0 Å². The number of anilines is 1. The Morgan fingerprint density at radius 3 is 3.07 bits per heavy atom. The van der Waals surface area contributed by atoms with Gasteiger partial charge in [-0.05, 0) is 46.7 Å². The first-order valence-corrected chi connectivity index (χ1v) is 6.81. The Hall–Kier alpha value is -0.150. The van der Waals surface area contributed by atoms with Crippen LogP contribution in [0.3, 0.4) is 0 Å². The Morgan fingerprint density at radius 1 is 1.50 bits per heavy atom. The minimum absolute atomic E-state index is 0.651. The number of benzene rings is 1. The third-order valence-electron chi connectivity index (χ3n) is 2.48. The molecule has 1 atom stereocenters. The van der Waals surface area contributed by atoms with Gasteiger partial charge in [0.05, 0.1) is 0 Å². The first kappa shape index (κ1) is 10.4. The molecule has 0 radical (unpaired) electrons. The van der Waals surface area contributed by atoms with Crippen molar-refractivity contribution in [2.75, 3.05) is 16.8 Å². The average molecular weight is 272 g/mol. The van der Waals surface area contributed by atoms with Gasteiger partial charge in [0.25, 0.3) is 0 Å². The van der Waals surface area contributed by atoms with Gasteiger partial charge in [0.15, 0.2) is 0 Å². The van der Waals surface area contributed by atoms with E-state index in [0.29, 0.717) is 6.04 Å². The molecule has 0 aromatic heterocycles. The zero-order chi connectivity index (χ0) is 9.97. The van der Waals surface area contributed by atoms with E-state index in [1.54, 1.807) is 0 Å². The number of hydrogen-bond donors (Lipinski definition) is 1. The summed E-state index contributed by atoms with van der Waals surface area (Å²) in [7, 11) is 0. The number of hydrogen-bond acceptors (Lipinski definition) is 2. The molecule has 1 nitrogen and oxygen atoms in total. The number of aryl methyl sites for hydroxylation is 1. The normalized spacial score (nSPS) is 21.1. The van der Waals surface area contributed by atoms with Crippen molar-refractivity contribution in [3.05, 3.63) is 28.2 Å². The summed E-state index contributed by atoms with van der Waals surface area (Å²) in [5, 5.41) is 3.58. The summed E-state index contributed by atoms with van der Waals surface area (Å²) in [4.78, 5) is 0. The van der Waals surface area contributed by atoms with Crippen molar-refractivity contribution in [1.82, 2.24) is 0 Å². The number of thioether (sulfide) groups is 1. The van der Waals surface area contributed by atoms with E-state index in [9.17, 15) is 0 Å². The molecule has 0 spiro atoms. The van der Waals surface area contributed by atoms with Gasteiger partial charge in [0.2, 0.25) is 0 Å². The molecule has 1 aromatic carbocycles. The highest BCUT2D eigenvalue weighted by molar-refractivity contribution is 9.10. The number of rotatable bonds is 2. The largest absolute Gasteiger partial charge is 0.381 e. The lowest BCUT2D eigenvalue weighted by atomic mass is 10.2. The van der Waals surface area contributed by atoms with Gasteiger partial charge in [-0.2, -0.15) is 11.8 Å². The number of halogens is 1. The summed E-state index contributed by atoms with van der Waals surface area (Å²) in [5.74, 6) is 2.53. The van der Waals surface area contributed by atoms with E-state index in [1.165, 1.54) is 33.7 Å². The summed E-state index contributed by atoms with van der Waals surface area (Å²) in [6.07, 6.45) is 1.28. The van der Waals surface area contributed by atoms with Crippen LogP contribution in [0.4, 0.5) is 5.69 Å². The van der Waals surface area contributed by atoms with Gasteiger partial charge in [0.1, 0.15) is 0 Å². The van der Waals surface area contributed by atoms with Gasteiger partial charge >= 0.3 is 0 Å². The molecule has 2 rings (SSSR count). The van der Waals surface area contributed by atoms with E-state index in [4.69, 9.17) is 0 Å². The van der Waals surface area contributed by atoms with Crippen molar-refractivity contribution in [1.29, 1.82) is 0 Å². The summed E-state index contributed by atoms with van der Waals surface area (Å²) in [5.41, 5.74) is 2.53. The molecule has 3 heteroatoms. The van der Waals surface area contributed by atoms with Crippen molar-refractivity contribution in [3.63, 3.8) is 0 Å². The molecule has 0 saturated carbocycles. The molecule has 0 aliphatic carbocycles. The predicted molar refractivity (Wildman–Crippen MR) is 68.2 cm³/mol. The third kappa shape index (κ3) is 2.26. The summed E-state index contributed by atoms with van der Waals surface area (Å²) < 4.78 is 1.21. The standard InChI is InChI=1S/C11H14BrNS/c1-8-3-2-4-10(11(8)12)13-9-5-6-14-7-9/h2-4,9,13H,5-7H2,1H3. The quantitative estimate of drug-likeness (QED) is 0.881. The van der Waals surface area contributed by atoms with Gasteiger partial charge in [-0.25, -0.2) is 0 Å². The fourth-order valence-corrected chi connectivity index (χ4v) is 3.16. The molecular weight excluding hydrogens is 258 g/mol. The highest BCUT2D eigenvalue weighted by atomic mass is 79.9. The zero-order valence-corrected chi connectivity index (χ0v) is 10.6. The fraction of sp³-hybridized carbons (Fsp3) is 0.455. The van der Waals surface area contributed by atoms with Crippen LogP contribution in [0, 0.1) is 6.92 Å². The van der Waals surface area contributed by atoms with Crippen molar-refractivity contribution < 1.29 is 0 Å². The van der Waals surface area contributed by atoms with Crippen LogP contribution in [0.5, 0.6) is 0 Å². The van der Waals surface area contributed by atoms with Gasteiger partial charge in [-0.3, -0.25) is 0 Å². The maximum atomic E-state index is 3.62. The Morgan fingerprint density at radius 2 is 2.36 bits per heavy atom. The minimum atomic E-state index is 0.651. The van der Waals surface area contributed by atoms with E-state index in [1.807, 2.05) is 11.8 Å². The SMILES string of the molecule is Cc1cccc(NC2CCSC2)c1Br. The Labute approximate surface area is 97.8 Å². The van der Waals surface area contributed by atoms with Crippen LogP contribution >= 0.6 is 27.7 Å². The fourth-order valence-electron chi connectivity index (χ4n) is 1.63. The highest BCUT2D eigenvalue weighted by Gasteiger charge is 2.15. The molecule has 0 amide bonds. The van der Waals surface area contributed by atoms with Crippen LogP contribution in [0.15, 0.2) is 22.7 Å². The molecule has 1 aromatic rings. The monoisotopic (exact) mass is 271 g/mol. The Bertz CT molecular complexity index is 321. The molecule has 1 fully saturated rings. The molecule has 1 aliphatic rings. The van der Waals surface area contributed by atoms with E-state index in [0.717, 1.165) is 0 Å². The van der Waals surface area contributed by atoms with Gasteiger partial charge in [-0.1, -0.05) is 12.1 Å². The number of nitrogens with one attached hydrogen (secondary N) is 1. The topological polar surface area (TPSA) is 12.0 Å². The Kier molecular flexibility index (Phi) is 3.39. The molecule has 1 N–H and O–H groups in total. The summed E-state index contributed by atoms with van der Waals surface area (Å²) >= 11 is 5.65. The van der Waals surface area contributed by atoms with Crippen molar-refractivity contribution in [2.24, 2.45) is 0 Å². The minimum Gasteiger partial charge on any atom is -0.381 e. The maximum absolute atomic E-state index is 3.62. The third-order valence-corrected chi connectivity index (χ3v) is 4.70. The molecule has 14 heavy (non-hydrogen) atoms. The zero-order valence-electron chi connectivity index (χ0n) is 8.22. The van der Waals surface area contributed by atoms with Crippen LogP contribution in [0.1, 0.15) is 12.0 Å². The lowest BCUT2D eigenvalue weighted by Gasteiger charge is -2.15. The van der Waals surface area contributed by atoms with Crippen molar-refractivity contribution in [2.45, 2.75) is 19.4 Å². The van der Waals surface area contributed by atoms with E-state index < -0.39 is 0 Å². The van der Waals surface area contributed by atoms with Crippen LogP contribution in [0.25, 0.3) is 0 Å². The smallest absolute Gasteiger partial charge is 0.0489 e. The summed E-state index contributed by atoms with van der Waals surface area (Å²) in [6.45, 7) is 2.12. The molecule has 76 valence electrons. The lowest BCUT2D eigenvalue weighted by molar-refractivity contribution is 0.812. The second kappa shape index (κ2) is 4.58. The molecule has 1 unspecified atom stereocenters. The van der Waals surface area contributed by atoms with Crippen molar-refractivity contribution in [3.8, 4) is 0 Å². The molecular formula is C11H14BrNS. The van der Waals surface area contributed by atoms with E-state index in [-0.39, 0.29) is 0 Å². The van der Waals surface area contributed by atoms with Crippen LogP contribution < -0.4 is 5.32 Å². The van der Waals surface area contributed by atoms with Gasteiger partial charge < -0.3 is 5.32 Å². The van der Waals surface area contributed by atoms with Gasteiger partial charge in [0, 0.05) is 22.0 Å². The van der Waals surface area contributed by atoms with Gasteiger partial charge in [-0.15, -0.1) is 0 Å². The molecule has 0 bridgehead atoms. The second-order valence-electron chi connectivity index (χ2n) is 3.64. The molecule has 1 heterocycles. The Balaban J connectivity index is 2.11. The van der Waals surface area contributed by atoms with Crippen LogP contribution in [0.2, 0.25) is 0 Å². The second-order valence-corrected chi connectivity index (χ2v) is 5.58.